The standard InChI is InChI=1S/C13H13FN2/c1-15-7-10-3-2-4-11(5-10)12-6-13(14)9-16-8-12/h2-6,8-9,15H,7H2,1H3. The molecule has 0 aliphatic carbocycles. The molecule has 0 saturated carbocycles. The quantitative estimate of drug-likeness (QED) is 0.853. The molecule has 0 unspecified atom stereocenters. The molecule has 0 spiro atoms. The summed E-state index contributed by atoms with van der Waals surface area (Å²) in [5.41, 5.74) is 2.96. The van der Waals surface area contributed by atoms with Crippen LogP contribution in [0.2, 0.25) is 0 Å². The average molecular weight is 216 g/mol. The Morgan fingerprint density at radius 3 is 2.81 bits per heavy atom. The van der Waals surface area contributed by atoms with Crippen molar-refractivity contribution in [2.75, 3.05) is 7.05 Å². The first-order chi connectivity index (χ1) is 7.79. The summed E-state index contributed by atoms with van der Waals surface area (Å²) in [7, 11) is 1.90. The molecular weight excluding hydrogens is 203 g/mol. The molecule has 2 nitrogen and oxygen atoms in total. The van der Waals surface area contributed by atoms with Crippen molar-refractivity contribution in [1.29, 1.82) is 0 Å². The first-order valence-corrected chi connectivity index (χ1v) is 5.14. The number of halogens is 1. The van der Waals surface area contributed by atoms with Crippen molar-refractivity contribution in [2.45, 2.75) is 6.54 Å². The van der Waals surface area contributed by atoms with E-state index in [0.29, 0.717) is 0 Å². The third-order valence-corrected chi connectivity index (χ3v) is 2.35. The number of hydrogen-bond donors (Lipinski definition) is 1. The molecule has 0 atom stereocenters. The minimum absolute atomic E-state index is 0.309. The van der Waals surface area contributed by atoms with E-state index in [4.69, 9.17) is 0 Å². The van der Waals surface area contributed by atoms with Crippen LogP contribution in [0.3, 0.4) is 0 Å². The highest BCUT2D eigenvalue weighted by Gasteiger charge is 2.00. The monoisotopic (exact) mass is 216 g/mol. The van der Waals surface area contributed by atoms with Crippen LogP contribution in [0.4, 0.5) is 4.39 Å². The molecule has 16 heavy (non-hydrogen) atoms. The predicted octanol–water partition coefficient (Wildman–Crippen LogP) is 2.61. The topological polar surface area (TPSA) is 24.9 Å². The third-order valence-electron chi connectivity index (χ3n) is 2.35. The molecule has 0 fully saturated rings. The minimum atomic E-state index is -0.309. The van der Waals surface area contributed by atoms with Gasteiger partial charge in [0.1, 0.15) is 5.82 Å². The number of nitrogens with one attached hydrogen (secondary N) is 1. The lowest BCUT2D eigenvalue weighted by atomic mass is 10.0. The second-order valence-corrected chi connectivity index (χ2v) is 3.62. The van der Waals surface area contributed by atoms with Gasteiger partial charge in [0.15, 0.2) is 0 Å². The van der Waals surface area contributed by atoms with Gasteiger partial charge < -0.3 is 5.32 Å². The maximum Gasteiger partial charge on any atom is 0.142 e. The highest BCUT2D eigenvalue weighted by molar-refractivity contribution is 5.63. The van der Waals surface area contributed by atoms with E-state index in [-0.39, 0.29) is 5.82 Å². The van der Waals surface area contributed by atoms with Crippen LogP contribution in [0.15, 0.2) is 42.7 Å². The van der Waals surface area contributed by atoms with Crippen molar-refractivity contribution < 1.29 is 4.39 Å². The number of rotatable bonds is 3. The summed E-state index contributed by atoms with van der Waals surface area (Å²) in [4.78, 5) is 3.85. The van der Waals surface area contributed by atoms with Gasteiger partial charge in [0.2, 0.25) is 0 Å². The van der Waals surface area contributed by atoms with E-state index < -0.39 is 0 Å². The van der Waals surface area contributed by atoms with Crippen LogP contribution in [-0.4, -0.2) is 12.0 Å². The van der Waals surface area contributed by atoms with E-state index >= 15 is 0 Å². The van der Waals surface area contributed by atoms with Crippen molar-refractivity contribution in [3.63, 3.8) is 0 Å². The number of aromatic nitrogens is 1. The van der Waals surface area contributed by atoms with Gasteiger partial charge in [-0.1, -0.05) is 18.2 Å². The molecule has 1 N–H and O–H groups in total. The number of nitrogens with zero attached hydrogens (tertiary/aromatic N) is 1. The first kappa shape index (κ1) is 10.8. The van der Waals surface area contributed by atoms with E-state index in [0.717, 1.165) is 17.7 Å². The molecule has 2 rings (SSSR count). The van der Waals surface area contributed by atoms with Crippen LogP contribution in [-0.2, 0) is 6.54 Å². The van der Waals surface area contributed by atoms with Crippen molar-refractivity contribution in [3.8, 4) is 11.1 Å². The summed E-state index contributed by atoms with van der Waals surface area (Å²) in [5.74, 6) is -0.309. The van der Waals surface area contributed by atoms with Crippen molar-refractivity contribution in [1.82, 2.24) is 10.3 Å². The molecule has 1 heterocycles. The fourth-order valence-electron chi connectivity index (χ4n) is 1.63. The number of hydrogen-bond acceptors (Lipinski definition) is 2. The summed E-state index contributed by atoms with van der Waals surface area (Å²) in [6, 6.07) is 9.48. The highest BCUT2D eigenvalue weighted by Crippen LogP contribution is 2.20. The minimum Gasteiger partial charge on any atom is -0.316 e. The van der Waals surface area contributed by atoms with Gasteiger partial charge in [-0.25, -0.2) is 4.39 Å². The fourth-order valence-corrected chi connectivity index (χ4v) is 1.63. The zero-order valence-corrected chi connectivity index (χ0v) is 9.07. The summed E-state index contributed by atoms with van der Waals surface area (Å²) in [5, 5.41) is 3.08. The van der Waals surface area contributed by atoms with Crippen LogP contribution in [0.25, 0.3) is 11.1 Å². The van der Waals surface area contributed by atoms with Crippen molar-refractivity contribution >= 4 is 0 Å². The lowest BCUT2D eigenvalue weighted by Gasteiger charge is -2.04. The molecule has 2 aromatic rings. The Kier molecular flexibility index (Phi) is 3.27. The highest BCUT2D eigenvalue weighted by atomic mass is 19.1. The van der Waals surface area contributed by atoms with E-state index in [1.807, 2.05) is 31.3 Å². The molecule has 0 amide bonds. The Morgan fingerprint density at radius 2 is 2.06 bits per heavy atom. The van der Waals surface area contributed by atoms with Gasteiger partial charge in [0.05, 0.1) is 6.20 Å². The second kappa shape index (κ2) is 4.86. The lowest BCUT2D eigenvalue weighted by molar-refractivity contribution is 0.622. The molecule has 0 bridgehead atoms. The maximum atomic E-state index is 13.0. The molecule has 0 radical (unpaired) electrons. The summed E-state index contributed by atoms with van der Waals surface area (Å²) in [6.07, 6.45) is 2.88. The Morgan fingerprint density at radius 1 is 1.19 bits per heavy atom. The molecule has 82 valence electrons. The normalized spacial score (nSPS) is 10.4. The van der Waals surface area contributed by atoms with Crippen LogP contribution >= 0.6 is 0 Å². The fraction of sp³-hybridized carbons (Fsp3) is 0.154. The summed E-state index contributed by atoms with van der Waals surface area (Å²) < 4.78 is 13.0. The molecule has 0 aliphatic rings. The van der Waals surface area contributed by atoms with Gasteiger partial charge in [-0.2, -0.15) is 0 Å². The van der Waals surface area contributed by atoms with E-state index in [9.17, 15) is 4.39 Å². The molecular formula is C13H13FN2. The first-order valence-electron chi connectivity index (χ1n) is 5.14. The van der Waals surface area contributed by atoms with Crippen LogP contribution in [0.5, 0.6) is 0 Å². The van der Waals surface area contributed by atoms with Gasteiger partial charge in [-0.05, 0) is 30.3 Å². The van der Waals surface area contributed by atoms with Crippen molar-refractivity contribution in [2.24, 2.45) is 0 Å². The third kappa shape index (κ3) is 2.44. The van der Waals surface area contributed by atoms with Gasteiger partial charge in [-0.15, -0.1) is 0 Å². The Hall–Kier alpha value is -1.74. The van der Waals surface area contributed by atoms with Crippen molar-refractivity contribution in [3.05, 3.63) is 54.1 Å². The molecule has 3 heteroatoms. The van der Waals surface area contributed by atoms with Crippen LogP contribution < -0.4 is 5.32 Å². The zero-order valence-electron chi connectivity index (χ0n) is 9.07. The number of benzene rings is 1. The second-order valence-electron chi connectivity index (χ2n) is 3.62. The smallest absolute Gasteiger partial charge is 0.142 e. The van der Waals surface area contributed by atoms with Gasteiger partial charge >= 0.3 is 0 Å². The van der Waals surface area contributed by atoms with E-state index in [1.54, 1.807) is 6.20 Å². The molecule has 0 aliphatic heterocycles. The lowest BCUT2D eigenvalue weighted by Crippen LogP contribution is -2.04. The zero-order chi connectivity index (χ0) is 11.4. The molecule has 1 aromatic carbocycles. The number of pyridine rings is 1. The van der Waals surface area contributed by atoms with E-state index in [1.165, 1.54) is 17.8 Å². The Balaban J connectivity index is 2.36. The largest absolute Gasteiger partial charge is 0.316 e. The van der Waals surface area contributed by atoms with Gasteiger partial charge in [-0.3, -0.25) is 4.98 Å². The summed E-state index contributed by atoms with van der Waals surface area (Å²) >= 11 is 0. The molecule has 1 aromatic heterocycles. The SMILES string of the molecule is CNCc1cccc(-c2cncc(F)c2)c1. The van der Waals surface area contributed by atoms with Gasteiger partial charge in [0, 0.05) is 18.3 Å². The Bertz CT molecular complexity index is 483. The maximum absolute atomic E-state index is 13.0. The Labute approximate surface area is 94.2 Å². The summed E-state index contributed by atoms with van der Waals surface area (Å²) in [6.45, 7) is 0.802. The predicted molar refractivity (Wildman–Crippen MR) is 62.4 cm³/mol. The van der Waals surface area contributed by atoms with E-state index in [2.05, 4.69) is 10.3 Å². The van der Waals surface area contributed by atoms with Crippen LogP contribution in [0, 0.1) is 5.82 Å². The van der Waals surface area contributed by atoms with Gasteiger partial charge in [0.25, 0.3) is 0 Å². The van der Waals surface area contributed by atoms with Crippen LogP contribution in [0.1, 0.15) is 5.56 Å². The molecule has 0 saturated heterocycles. The average Bonchev–Trinajstić information content (AvgIpc) is 2.30.